The molecular formula is C12H13FN4O. The van der Waals surface area contributed by atoms with Crippen LogP contribution in [0, 0.1) is 5.82 Å². The summed E-state index contributed by atoms with van der Waals surface area (Å²) in [6.45, 7) is 2.57. The van der Waals surface area contributed by atoms with E-state index >= 15 is 0 Å². The molecular weight excluding hydrogens is 235 g/mol. The van der Waals surface area contributed by atoms with Gasteiger partial charge >= 0.3 is 6.01 Å². The van der Waals surface area contributed by atoms with Gasteiger partial charge in [-0.25, -0.2) is 4.39 Å². The van der Waals surface area contributed by atoms with Crippen molar-refractivity contribution < 1.29 is 9.13 Å². The van der Waals surface area contributed by atoms with E-state index in [1.807, 2.05) is 6.92 Å². The molecule has 5 nitrogen and oxygen atoms in total. The highest BCUT2D eigenvalue weighted by Gasteiger charge is 2.11. The zero-order chi connectivity index (χ0) is 13.0. The van der Waals surface area contributed by atoms with Crippen molar-refractivity contribution in [2.24, 2.45) is 0 Å². The van der Waals surface area contributed by atoms with Crippen molar-refractivity contribution in [2.75, 3.05) is 19.0 Å². The van der Waals surface area contributed by atoms with Crippen LogP contribution in [0.2, 0.25) is 0 Å². The van der Waals surface area contributed by atoms with Crippen molar-refractivity contribution in [1.82, 2.24) is 15.0 Å². The molecule has 0 bridgehead atoms. The van der Waals surface area contributed by atoms with Crippen LogP contribution in [0.25, 0.3) is 11.4 Å². The molecule has 0 atom stereocenters. The Bertz CT molecular complexity index is 547. The second-order valence-electron chi connectivity index (χ2n) is 3.48. The van der Waals surface area contributed by atoms with Crippen LogP contribution in [0.5, 0.6) is 6.01 Å². The molecule has 2 aromatic rings. The maximum absolute atomic E-state index is 13.7. The van der Waals surface area contributed by atoms with Gasteiger partial charge in [0.15, 0.2) is 5.82 Å². The summed E-state index contributed by atoms with van der Waals surface area (Å²) < 4.78 is 18.6. The molecule has 18 heavy (non-hydrogen) atoms. The summed E-state index contributed by atoms with van der Waals surface area (Å²) in [7, 11) is 1.45. The van der Waals surface area contributed by atoms with Gasteiger partial charge in [0, 0.05) is 6.54 Å². The molecule has 6 heteroatoms. The number of hydrogen-bond donors (Lipinski definition) is 1. The van der Waals surface area contributed by atoms with Crippen molar-refractivity contribution in [1.29, 1.82) is 0 Å². The third kappa shape index (κ3) is 2.53. The molecule has 0 aliphatic carbocycles. The van der Waals surface area contributed by atoms with Gasteiger partial charge in [-0.05, 0) is 19.1 Å². The van der Waals surface area contributed by atoms with E-state index in [9.17, 15) is 4.39 Å². The third-order valence-corrected chi connectivity index (χ3v) is 2.25. The van der Waals surface area contributed by atoms with E-state index in [4.69, 9.17) is 4.74 Å². The molecule has 0 saturated carbocycles. The number of aromatic nitrogens is 3. The lowest BCUT2D eigenvalue weighted by Crippen LogP contribution is -2.06. The third-order valence-electron chi connectivity index (χ3n) is 2.25. The summed E-state index contributed by atoms with van der Waals surface area (Å²) >= 11 is 0. The zero-order valence-electron chi connectivity index (χ0n) is 10.1. The summed E-state index contributed by atoms with van der Waals surface area (Å²) in [6.07, 6.45) is 0. The van der Waals surface area contributed by atoms with Crippen LogP contribution in [-0.2, 0) is 0 Å². The van der Waals surface area contributed by atoms with Gasteiger partial charge in [-0.2, -0.15) is 15.0 Å². The maximum atomic E-state index is 13.7. The van der Waals surface area contributed by atoms with Gasteiger partial charge in [0.05, 0.1) is 12.7 Å². The SMILES string of the molecule is CCNc1nc(OC)nc(-c2ccccc2F)n1. The minimum Gasteiger partial charge on any atom is -0.467 e. The number of nitrogens with one attached hydrogen (secondary N) is 1. The van der Waals surface area contributed by atoms with Gasteiger partial charge < -0.3 is 10.1 Å². The van der Waals surface area contributed by atoms with Crippen molar-refractivity contribution in [3.8, 4) is 17.4 Å². The molecule has 0 spiro atoms. The molecule has 0 amide bonds. The summed E-state index contributed by atoms with van der Waals surface area (Å²) in [5.41, 5.74) is 0.317. The average Bonchev–Trinajstić information content (AvgIpc) is 2.39. The molecule has 1 aromatic heterocycles. The lowest BCUT2D eigenvalue weighted by molar-refractivity contribution is 0.379. The van der Waals surface area contributed by atoms with E-state index in [1.54, 1.807) is 18.2 Å². The van der Waals surface area contributed by atoms with Crippen LogP contribution in [0.4, 0.5) is 10.3 Å². The standard InChI is InChI=1S/C12H13FN4O/c1-3-14-11-15-10(16-12(17-11)18-2)8-6-4-5-7-9(8)13/h4-7H,3H2,1-2H3,(H,14,15,16,17). The maximum Gasteiger partial charge on any atom is 0.321 e. The first-order valence-corrected chi connectivity index (χ1v) is 5.53. The van der Waals surface area contributed by atoms with Crippen LogP contribution in [-0.4, -0.2) is 28.6 Å². The topological polar surface area (TPSA) is 59.9 Å². The van der Waals surface area contributed by atoms with E-state index in [2.05, 4.69) is 20.3 Å². The average molecular weight is 248 g/mol. The largest absolute Gasteiger partial charge is 0.467 e. The minimum atomic E-state index is -0.381. The number of anilines is 1. The van der Waals surface area contributed by atoms with E-state index in [0.717, 1.165) is 0 Å². The minimum absolute atomic E-state index is 0.152. The first-order chi connectivity index (χ1) is 8.74. The van der Waals surface area contributed by atoms with Gasteiger partial charge in [0.25, 0.3) is 0 Å². The molecule has 2 rings (SSSR count). The molecule has 0 saturated heterocycles. The molecule has 1 heterocycles. The first-order valence-electron chi connectivity index (χ1n) is 5.53. The number of benzene rings is 1. The Balaban J connectivity index is 2.50. The van der Waals surface area contributed by atoms with E-state index < -0.39 is 0 Å². The number of ether oxygens (including phenoxy) is 1. The Labute approximate surface area is 104 Å². The predicted molar refractivity (Wildman–Crippen MR) is 65.9 cm³/mol. The van der Waals surface area contributed by atoms with Crippen LogP contribution in [0.15, 0.2) is 24.3 Å². The zero-order valence-corrected chi connectivity index (χ0v) is 10.1. The molecule has 0 radical (unpaired) electrons. The van der Waals surface area contributed by atoms with Crippen LogP contribution < -0.4 is 10.1 Å². The number of rotatable bonds is 4. The Kier molecular flexibility index (Phi) is 3.66. The number of hydrogen-bond acceptors (Lipinski definition) is 5. The monoisotopic (exact) mass is 248 g/mol. The molecule has 0 fully saturated rings. The highest BCUT2D eigenvalue weighted by Crippen LogP contribution is 2.21. The van der Waals surface area contributed by atoms with E-state index in [1.165, 1.54) is 13.2 Å². The lowest BCUT2D eigenvalue weighted by Gasteiger charge is -2.07. The Morgan fingerprint density at radius 1 is 1.22 bits per heavy atom. The fourth-order valence-electron chi connectivity index (χ4n) is 1.45. The second kappa shape index (κ2) is 5.39. The molecule has 94 valence electrons. The normalized spacial score (nSPS) is 10.2. The van der Waals surface area contributed by atoms with Crippen molar-refractivity contribution in [3.63, 3.8) is 0 Å². The molecule has 1 aromatic carbocycles. The van der Waals surface area contributed by atoms with Gasteiger partial charge in [0.2, 0.25) is 5.95 Å². The Morgan fingerprint density at radius 3 is 2.67 bits per heavy atom. The van der Waals surface area contributed by atoms with Gasteiger partial charge in [-0.1, -0.05) is 12.1 Å². The van der Waals surface area contributed by atoms with Crippen LogP contribution in [0.1, 0.15) is 6.92 Å². The first kappa shape index (κ1) is 12.2. The Morgan fingerprint density at radius 2 is 2.00 bits per heavy atom. The highest BCUT2D eigenvalue weighted by molar-refractivity contribution is 5.57. The van der Waals surface area contributed by atoms with Crippen molar-refractivity contribution in [3.05, 3.63) is 30.1 Å². The van der Waals surface area contributed by atoms with Crippen LogP contribution in [0.3, 0.4) is 0 Å². The fourth-order valence-corrected chi connectivity index (χ4v) is 1.45. The summed E-state index contributed by atoms with van der Waals surface area (Å²) in [5, 5.41) is 2.95. The quantitative estimate of drug-likeness (QED) is 0.898. The fraction of sp³-hybridized carbons (Fsp3) is 0.250. The summed E-state index contributed by atoms with van der Waals surface area (Å²) in [4.78, 5) is 12.2. The summed E-state index contributed by atoms with van der Waals surface area (Å²) in [5.74, 6) is 0.228. The lowest BCUT2D eigenvalue weighted by atomic mass is 10.2. The van der Waals surface area contributed by atoms with Crippen molar-refractivity contribution in [2.45, 2.75) is 6.92 Å². The van der Waals surface area contributed by atoms with Crippen LogP contribution >= 0.6 is 0 Å². The smallest absolute Gasteiger partial charge is 0.321 e. The molecule has 1 N–H and O–H groups in total. The van der Waals surface area contributed by atoms with Gasteiger partial charge in [-0.3, -0.25) is 0 Å². The Hall–Kier alpha value is -2.24. The van der Waals surface area contributed by atoms with E-state index in [0.29, 0.717) is 18.1 Å². The van der Waals surface area contributed by atoms with Crippen molar-refractivity contribution >= 4 is 5.95 Å². The summed E-state index contributed by atoms with van der Waals surface area (Å²) in [6, 6.07) is 6.46. The predicted octanol–water partition coefficient (Wildman–Crippen LogP) is 2.12. The number of nitrogens with zero attached hydrogens (tertiary/aromatic N) is 3. The highest BCUT2D eigenvalue weighted by atomic mass is 19.1. The van der Waals surface area contributed by atoms with Gasteiger partial charge in [0.1, 0.15) is 5.82 Å². The van der Waals surface area contributed by atoms with Gasteiger partial charge in [-0.15, -0.1) is 0 Å². The number of methoxy groups -OCH3 is 1. The second-order valence-corrected chi connectivity index (χ2v) is 3.48. The van der Waals surface area contributed by atoms with E-state index in [-0.39, 0.29) is 17.7 Å². The molecule has 0 aliphatic heterocycles. The number of halogens is 1. The molecule has 0 unspecified atom stereocenters. The molecule has 0 aliphatic rings.